The SMILES string of the molecule is CO/N=C/c1cc([N+](=O)[O-])ccc1Cl. The van der Waals surface area contributed by atoms with Crippen LogP contribution in [0.1, 0.15) is 5.56 Å². The van der Waals surface area contributed by atoms with Gasteiger partial charge in [-0.05, 0) is 6.07 Å². The summed E-state index contributed by atoms with van der Waals surface area (Å²) in [5.41, 5.74) is 0.412. The summed E-state index contributed by atoms with van der Waals surface area (Å²) in [6, 6.07) is 4.09. The Bertz CT molecular complexity index is 379. The minimum atomic E-state index is -0.500. The Kier molecular flexibility index (Phi) is 3.41. The van der Waals surface area contributed by atoms with Crippen LogP contribution in [0.25, 0.3) is 0 Å². The third-order valence-electron chi connectivity index (χ3n) is 1.49. The van der Waals surface area contributed by atoms with Crippen LogP contribution in [-0.2, 0) is 4.84 Å². The average Bonchev–Trinajstić information content (AvgIpc) is 2.16. The van der Waals surface area contributed by atoms with Crippen molar-refractivity contribution in [2.24, 2.45) is 5.16 Å². The van der Waals surface area contributed by atoms with Gasteiger partial charge in [-0.15, -0.1) is 0 Å². The van der Waals surface area contributed by atoms with Gasteiger partial charge in [0.05, 0.1) is 11.1 Å². The molecule has 0 saturated heterocycles. The maximum Gasteiger partial charge on any atom is 0.270 e. The van der Waals surface area contributed by atoms with E-state index in [2.05, 4.69) is 9.99 Å². The molecule has 0 aliphatic heterocycles. The van der Waals surface area contributed by atoms with E-state index in [1.54, 1.807) is 0 Å². The van der Waals surface area contributed by atoms with Crippen molar-refractivity contribution >= 4 is 23.5 Å². The molecule has 0 atom stereocenters. The van der Waals surface area contributed by atoms with Crippen molar-refractivity contribution in [3.05, 3.63) is 38.9 Å². The van der Waals surface area contributed by atoms with Crippen LogP contribution in [0.15, 0.2) is 23.4 Å². The number of oxime groups is 1. The van der Waals surface area contributed by atoms with Crippen LogP contribution >= 0.6 is 11.6 Å². The third-order valence-corrected chi connectivity index (χ3v) is 1.83. The Morgan fingerprint density at radius 2 is 2.36 bits per heavy atom. The van der Waals surface area contributed by atoms with Crippen LogP contribution in [0.3, 0.4) is 0 Å². The molecule has 1 rings (SSSR count). The lowest BCUT2D eigenvalue weighted by molar-refractivity contribution is -0.384. The van der Waals surface area contributed by atoms with Gasteiger partial charge in [-0.25, -0.2) is 0 Å². The monoisotopic (exact) mass is 214 g/mol. The van der Waals surface area contributed by atoms with E-state index in [4.69, 9.17) is 11.6 Å². The van der Waals surface area contributed by atoms with Gasteiger partial charge < -0.3 is 4.84 Å². The van der Waals surface area contributed by atoms with E-state index in [0.717, 1.165) is 0 Å². The number of hydrogen-bond acceptors (Lipinski definition) is 4. The second kappa shape index (κ2) is 4.57. The lowest BCUT2D eigenvalue weighted by Gasteiger charge is -1.96. The van der Waals surface area contributed by atoms with Crippen molar-refractivity contribution in [1.82, 2.24) is 0 Å². The second-order valence-electron chi connectivity index (χ2n) is 2.38. The zero-order chi connectivity index (χ0) is 10.6. The quantitative estimate of drug-likeness (QED) is 0.440. The standard InChI is InChI=1S/C8H7ClN2O3/c1-14-10-5-6-4-7(11(12)13)2-3-8(6)9/h2-5H,1H3/b10-5+. The van der Waals surface area contributed by atoms with Crippen LogP contribution in [0.4, 0.5) is 5.69 Å². The van der Waals surface area contributed by atoms with Crippen molar-refractivity contribution in [2.45, 2.75) is 0 Å². The third kappa shape index (κ3) is 2.43. The maximum absolute atomic E-state index is 10.4. The zero-order valence-corrected chi connectivity index (χ0v) is 8.06. The van der Waals surface area contributed by atoms with Crippen LogP contribution < -0.4 is 0 Å². The molecule has 1 aromatic rings. The first-order valence-corrected chi connectivity index (χ1v) is 4.03. The predicted octanol–water partition coefficient (Wildman–Crippen LogP) is 2.23. The topological polar surface area (TPSA) is 64.7 Å². The van der Waals surface area contributed by atoms with Crippen LogP contribution in [0.2, 0.25) is 5.02 Å². The summed E-state index contributed by atoms with van der Waals surface area (Å²) in [5, 5.41) is 14.3. The highest BCUT2D eigenvalue weighted by Crippen LogP contribution is 2.20. The fourth-order valence-electron chi connectivity index (χ4n) is 0.853. The van der Waals surface area contributed by atoms with Gasteiger partial charge in [0.1, 0.15) is 7.11 Å². The molecule has 0 bridgehead atoms. The summed E-state index contributed by atoms with van der Waals surface area (Å²) >= 11 is 5.77. The number of benzene rings is 1. The van der Waals surface area contributed by atoms with Crippen LogP contribution in [0, 0.1) is 10.1 Å². The molecule has 0 amide bonds. The molecular formula is C8H7ClN2O3. The van der Waals surface area contributed by atoms with Crippen LogP contribution in [0.5, 0.6) is 0 Å². The summed E-state index contributed by atoms with van der Waals surface area (Å²) < 4.78 is 0. The van der Waals surface area contributed by atoms with Gasteiger partial charge in [0.2, 0.25) is 0 Å². The lowest BCUT2D eigenvalue weighted by Crippen LogP contribution is -1.91. The fourth-order valence-corrected chi connectivity index (χ4v) is 1.02. The van der Waals surface area contributed by atoms with Gasteiger partial charge >= 0.3 is 0 Å². The maximum atomic E-state index is 10.4. The fraction of sp³-hybridized carbons (Fsp3) is 0.125. The van der Waals surface area contributed by atoms with E-state index in [-0.39, 0.29) is 5.69 Å². The first-order chi connectivity index (χ1) is 6.65. The zero-order valence-electron chi connectivity index (χ0n) is 7.31. The van der Waals surface area contributed by atoms with Crippen molar-refractivity contribution < 1.29 is 9.76 Å². The first-order valence-electron chi connectivity index (χ1n) is 3.65. The van der Waals surface area contributed by atoms with Crippen molar-refractivity contribution in [3.8, 4) is 0 Å². The molecule has 0 N–H and O–H groups in total. The molecule has 0 unspecified atom stereocenters. The number of hydrogen-bond donors (Lipinski definition) is 0. The Balaban J connectivity index is 3.08. The second-order valence-corrected chi connectivity index (χ2v) is 2.79. The Morgan fingerprint density at radius 3 is 2.93 bits per heavy atom. The van der Waals surface area contributed by atoms with E-state index < -0.39 is 4.92 Å². The molecule has 0 fully saturated rings. The van der Waals surface area contributed by atoms with Gasteiger partial charge in [0, 0.05) is 22.7 Å². The Labute approximate surface area is 85.1 Å². The number of nitro groups is 1. The molecular weight excluding hydrogens is 208 g/mol. The van der Waals surface area contributed by atoms with E-state index in [9.17, 15) is 10.1 Å². The number of halogens is 1. The van der Waals surface area contributed by atoms with E-state index >= 15 is 0 Å². The van der Waals surface area contributed by atoms with E-state index in [1.807, 2.05) is 0 Å². The summed E-state index contributed by atoms with van der Waals surface area (Å²) in [7, 11) is 1.38. The van der Waals surface area contributed by atoms with E-state index in [0.29, 0.717) is 10.6 Å². The summed E-state index contributed by atoms with van der Waals surface area (Å²) in [5.74, 6) is 0. The Hall–Kier alpha value is -1.62. The number of non-ortho nitro benzene ring substituents is 1. The highest BCUT2D eigenvalue weighted by atomic mass is 35.5. The largest absolute Gasteiger partial charge is 0.399 e. The molecule has 0 radical (unpaired) electrons. The smallest absolute Gasteiger partial charge is 0.270 e. The van der Waals surface area contributed by atoms with Crippen molar-refractivity contribution in [3.63, 3.8) is 0 Å². The summed E-state index contributed by atoms with van der Waals surface area (Å²) in [6.45, 7) is 0. The summed E-state index contributed by atoms with van der Waals surface area (Å²) in [6.07, 6.45) is 1.31. The van der Waals surface area contributed by atoms with Gasteiger partial charge in [-0.2, -0.15) is 0 Å². The van der Waals surface area contributed by atoms with Gasteiger partial charge in [-0.3, -0.25) is 10.1 Å². The molecule has 0 spiro atoms. The molecule has 0 heterocycles. The van der Waals surface area contributed by atoms with Crippen molar-refractivity contribution in [2.75, 3.05) is 7.11 Å². The Morgan fingerprint density at radius 1 is 1.64 bits per heavy atom. The first kappa shape index (κ1) is 10.5. The minimum Gasteiger partial charge on any atom is -0.399 e. The van der Waals surface area contributed by atoms with Crippen LogP contribution in [-0.4, -0.2) is 18.2 Å². The normalized spacial score (nSPS) is 10.4. The number of nitrogens with zero attached hydrogens (tertiary/aromatic N) is 2. The molecule has 5 nitrogen and oxygen atoms in total. The molecule has 6 heteroatoms. The van der Waals surface area contributed by atoms with E-state index in [1.165, 1.54) is 31.5 Å². The highest BCUT2D eigenvalue weighted by Gasteiger charge is 2.07. The molecule has 14 heavy (non-hydrogen) atoms. The molecule has 0 aliphatic rings. The minimum absolute atomic E-state index is 0.0352. The van der Waals surface area contributed by atoms with Gasteiger partial charge in [0.15, 0.2) is 0 Å². The molecule has 1 aromatic carbocycles. The van der Waals surface area contributed by atoms with Gasteiger partial charge in [0.25, 0.3) is 5.69 Å². The molecule has 0 saturated carbocycles. The predicted molar refractivity (Wildman–Crippen MR) is 52.7 cm³/mol. The summed E-state index contributed by atoms with van der Waals surface area (Å²) in [4.78, 5) is 14.4. The number of rotatable bonds is 3. The molecule has 0 aliphatic carbocycles. The number of nitro benzene ring substituents is 1. The average molecular weight is 215 g/mol. The van der Waals surface area contributed by atoms with Gasteiger partial charge in [-0.1, -0.05) is 16.8 Å². The highest BCUT2D eigenvalue weighted by molar-refractivity contribution is 6.33. The molecule has 74 valence electrons. The van der Waals surface area contributed by atoms with Crippen molar-refractivity contribution in [1.29, 1.82) is 0 Å². The molecule has 0 aromatic heterocycles. The lowest BCUT2D eigenvalue weighted by atomic mass is 10.2.